The van der Waals surface area contributed by atoms with Gasteiger partial charge in [0.25, 0.3) is 0 Å². The van der Waals surface area contributed by atoms with Crippen LogP contribution in [0.25, 0.3) is 22.1 Å². The van der Waals surface area contributed by atoms with E-state index in [1.807, 2.05) is 24.3 Å². The molecule has 1 aliphatic heterocycles. The lowest BCUT2D eigenvalue weighted by atomic mass is 10.0. The Kier molecular flexibility index (Phi) is 7.12. The van der Waals surface area contributed by atoms with Gasteiger partial charge in [-0.25, -0.2) is 18.4 Å². The number of aromatic nitrogens is 4. The smallest absolute Gasteiger partial charge is 0.313 e. The third-order valence-corrected chi connectivity index (χ3v) is 9.08. The Hall–Kier alpha value is -4.02. The van der Waals surface area contributed by atoms with Crippen LogP contribution >= 0.6 is 0 Å². The maximum atomic E-state index is 13.9. The van der Waals surface area contributed by atoms with E-state index >= 15 is 0 Å². The highest BCUT2D eigenvalue weighted by Gasteiger charge is 2.32. The van der Waals surface area contributed by atoms with Crippen molar-refractivity contribution >= 4 is 37.9 Å². The molecule has 40 heavy (non-hydrogen) atoms. The standard InChI is InChI=1S/C30H31N5O4S/c1-2-39-26(36)18-25-32-27-28(35(25)22-12-9-17-34(20-22)19-21-10-5-3-6-11-21)24-15-16-31-29(24)33-30(27)40(37,38)23-13-7-4-8-14-23/h3-8,10-11,13-16,22H,2,9,12,17-20H2,1H3,(H,31,33). The van der Waals surface area contributed by atoms with Crippen molar-refractivity contribution in [3.63, 3.8) is 0 Å². The molecular weight excluding hydrogens is 526 g/mol. The Balaban J connectivity index is 1.52. The van der Waals surface area contributed by atoms with E-state index in [0.717, 1.165) is 37.9 Å². The molecule has 0 spiro atoms. The highest BCUT2D eigenvalue weighted by Crippen LogP contribution is 2.36. The minimum atomic E-state index is -3.99. The summed E-state index contributed by atoms with van der Waals surface area (Å²) < 4.78 is 35.1. The van der Waals surface area contributed by atoms with Crippen molar-refractivity contribution in [1.29, 1.82) is 0 Å². The second-order valence-corrected chi connectivity index (χ2v) is 11.9. The van der Waals surface area contributed by atoms with Crippen LogP contribution in [0.3, 0.4) is 0 Å². The number of nitrogens with one attached hydrogen (secondary N) is 1. The SMILES string of the molecule is CCOC(=O)Cc1nc2c(S(=O)(=O)c3ccccc3)nc3[nH]ccc3c2n1C1CCCN(Cc2ccccc2)C1. The largest absolute Gasteiger partial charge is 0.466 e. The first-order valence-electron chi connectivity index (χ1n) is 13.6. The number of fused-ring (bicyclic) bond motifs is 3. The zero-order valence-electron chi connectivity index (χ0n) is 22.3. The minimum absolute atomic E-state index is 0.0142. The number of imidazole rings is 1. The van der Waals surface area contributed by atoms with Crippen molar-refractivity contribution < 1.29 is 17.9 Å². The summed E-state index contributed by atoms with van der Waals surface area (Å²) >= 11 is 0. The summed E-state index contributed by atoms with van der Waals surface area (Å²) in [4.78, 5) is 27.7. The van der Waals surface area contributed by atoms with Crippen LogP contribution in [0.5, 0.6) is 0 Å². The van der Waals surface area contributed by atoms with E-state index in [-0.39, 0.29) is 34.5 Å². The molecule has 1 unspecified atom stereocenters. The van der Waals surface area contributed by atoms with Gasteiger partial charge in [0.05, 0.1) is 17.0 Å². The zero-order chi connectivity index (χ0) is 27.7. The maximum absolute atomic E-state index is 13.9. The minimum Gasteiger partial charge on any atom is -0.466 e. The number of benzene rings is 2. The molecule has 5 aromatic rings. The molecule has 1 atom stereocenters. The van der Waals surface area contributed by atoms with Crippen molar-refractivity contribution in [3.8, 4) is 0 Å². The van der Waals surface area contributed by atoms with Gasteiger partial charge in [0.1, 0.15) is 23.4 Å². The molecule has 0 amide bonds. The Labute approximate surface area is 232 Å². The number of nitrogens with zero attached hydrogens (tertiary/aromatic N) is 4. The number of H-pyrrole nitrogens is 1. The number of pyridine rings is 1. The fourth-order valence-corrected chi connectivity index (χ4v) is 7.02. The third kappa shape index (κ3) is 4.89. The van der Waals surface area contributed by atoms with E-state index in [1.165, 1.54) is 5.56 Å². The molecule has 1 fully saturated rings. The van der Waals surface area contributed by atoms with Gasteiger partial charge in [0, 0.05) is 30.7 Å². The van der Waals surface area contributed by atoms with Gasteiger partial charge in [-0.2, -0.15) is 0 Å². The average molecular weight is 558 g/mol. The van der Waals surface area contributed by atoms with E-state index in [1.54, 1.807) is 43.5 Å². The number of rotatable bonds is 8. The van der Waals surface area contributed by atoms with E-state index in [2.05, 4.69) is 31.6 Å². The second-order valence-electron chi connectivity index (χ2n) is 10.1. The highest BCUT2D eigenvalue weighted by atomic mass is 32.2. The van der Waals surface area contributed by atoms with Crippen LogP contribution in [0.1, 0.15) is 37.2 Å². The van der Waals surface area contributed by atoms with Gasteiger partial charge >= 0.3 is 5.97 Å². The molecule has 6 rings (SSSR count). The molecule has 9 nitrogen and oxygen atoms in total. The summed E-state index contributed by atoms with van der Waals surface area (Å²) in [5, 5.41) is 0.647. The lowest BCUT2D eigenvalue weighted by Crippen LogP contribution is -2.36. The first kappa shape index (κ1) is 26.2. The van der Waals surface area contributed by atoms with Crippen LogP contribution in [0, 0.1) is 0 Å². The van der Waals surface area contributed by atoms with Crippen LogP contribution in [0.15, 0.2) is 82.8 Å². The van der Waals surface area contributed by atoms with Gasteiger partial charge in [-0.3, -0.25) is 9.69 Å². The number of ether oxygens (including phenoxy) is 1. The van der Waals surface area contributed by atoms with Gasteiger partial charge < -0.3 is 14.3 Å². The normalized spacial score (nSPS) is 16.5. The predicted octanol–water partition coefficient (Wildman–Crippen LogP) is 4.69. The Morgan fingerprint density at radius 2 is 1.80 bits per heavy atom. The van der Waals surface area contributed by atoms with Crippen LogP contribution in [0.4, 0.5) is 0 Å². The van der Waals surface area contributed by atoms with Crippen molar-refractivity contribution in [1.82, 2.24) is 24.4 Å². The monoisotopic (exact) mass is 557 g/mol. The molecule has 3 aromatic heterocycles. The molecule has 0 bridgehead atoms. The van der Waals surface area contributed by atoms with Gasteiger partial charge in [-0.1, -0.05) is 48.5 Å². The second kappa shape index (κ2) is 10.9. The first-order valence-corrected chi connectivity index (χ1v) is 15.0. The van der Waals surface area contributed by atoms with Crippen molar-refractivity contribution in [2.24, 2.45) is 0 Å². The number of hydrogen-bond donors (Lipinski definition) is 1. The van der Waals surface area contributed by atoms with E-state index in [9.17, 15) is 13.2 Å². The molecule has 0 saturated carbocycles. The Bertz CT molecular complexity index is 1760. The summed E-state index contributed by atoms with van der Waals surface area (Å²) in [6.07, 6.45) is 3.53. The van der Waals surface area contributed by atoms with Crippen LogP contribution < -0.4 is 0 Å². The topological polar surface area (TPSA) is 110 Å². The summed E-state index contributed by atoms with van der Waals surface area (Å²) in [7, 11) is -3.99. The summed E-state index contributed by atoms with van der Waals surface area (Å²) in [6.45, 7) is 4.53. The number of piperidine rings is 1. The van der Waals surface area contributed by atoms with Crippen molar-refractivity contribution in [2.75, 3.05) is 19.7 Å². The lowest BCUT2D eigenvalue weighted by Gasteiger charge is -2.34. The number of likely N-dealkylation sites (tertiary alicyclic amines) is 1. The zero-order valence-corrected chi connectivity index (χ0v) is 23.1. The molecular formula is C30H31N5O4S. The van der Waals surface area contributed by atoms with Crippen LogP contribution in [0.2, 0.25) is 0 Å². The lowest BCUT2D eigenvalue weighted by molar-refractivity contribution is -0.142. The highest BCUT2D eigenvalue weighted by molar-refractivity contribution is 7.91. The number of esters is 1. The number of sulfone groups is 1. The first-order chi connectivity index (χ1) is 19.5. The number of carbonyl (C=O) groups is 1. The molecule has 0 radical (unpaired) electrons. The summed E-state index contributed by atoms with van der Waals surface area (Å²) in [5.41, 5.74) is 2.64. The fraction of sp³-hybridized carbons (Fsp3) is 0.300. The summed E-state index contributed by atoms with van der Waals surface area (Å²) in [5.74, 6) is 0.0850. The van der Waals surface area contributed by atoms with E-state index in [4.69, 9.17) is 9.72 Å². The molecule has 4 heterocycles. The van der Waals surface area contributed by atoms with Crippen LogP contribution in [-0.2, 0) is 32.3 Å². The van der Waals surface area contributed by atoms with Crippen LogP contribution in [-0.4, -0.2) is 58.5 Å². The molecule has 1 saturated heterocycles. The predicted molar refractivity (Wildman–Crippen MR) is 152 cm³/mol. The fourth-order valence-electron chi connectivity index (χ4n) is 5.67. The quantitative estimate of drug-likeness (QED) is 0.276. The number of aromatic amines is 1. The third-order valence-electron chi connectivity index (χ3n) is 7.39. The van der Waals surface area contributed by atoms with Gasteiger partial charge in [-0.15, -0.1) is 0 Å². The van der Waals surface area contributed by atoms with Gasteiger partial charge in [0.15, 0.2) is 5.03 Å². The Morgan fingerprint density at radius 3 is 2.55 bits per heavy atom. The maximum Gasteiger partial charge on any atom is 0.313 e. The molecule has 1 N–H and O–H groups in total. The molecule has 0 aliphatic carbocycles. The van der Waals surface area contributed by atoms with Gasteiger partial charge in [0.2, 0.25) is 9.84 Å². The average Bonchev–Trinajstić information content (AvgIpc) is 3.58. The molecule has 206 valence electrons. The number of carbonyl (C=O) groups excluding carboxylic acids is 1. The van der Waals surface area contributed by atoms with E-state index < -0.39 is 15.8 Å². The van der Waals surface area contributed by atoms with E-state index in [0.29, 0.717) is 17.0 Å². The molecule has 1 aliphatic rings. The number of hydrogen-bond acceptors (Lipinski definition) is 7. The van der Waals surface area contributed by atoms with Crippen molar-refractivity contribution in [3.05, 3.63) is 84.3 Å². The molecule has 2 aromatic carbocycles. The van der Waals surface area contributed by atoms with Gasteiger partial charge in [-0.05, 0) is 50.1 Å². The molecule has 10 heteroatoms. The summed E-state index contributed by atoms with van der Waals surface area (Å²) in [6, 6.07) is 20.5. The van der Waals surface area contributed by atoms with Crippen molar-refractivity contribution in [2.45, 2.75) is 48.7 Å². The Morgan fingerprint density at radius 1 is 1.05 bits per heavy atom.